The number of carbonyl (C=O) groups is 3. The maximum atomic E-state index is 12.9. The SMILES string of the molecule is O=C(NCc1ccccc1)C1CCN(C(=O)C2Sc3ccccc3NC2=O)CC1. The molecule has 2 aromatic carbocycles. The number of hydrogen-bond donors (Lipinski definition) is 2. The van der Waals surface area contributed by atoms with Gasteiger partial charge in [-0.25, -0.2) is 0 Å². The second kappa shape index (κ2) is 8.69. The summed E-state index contributed by atoms with van der Waals surface area (Å²) in [6.45, 7) is 1.50. The Kier molecular flexibility index (Phi) is 5.85. The monoisotopic (exact) mass is 409 g/mol. The predicted molar refractivity (Wildman–Crippen MR) is 112 cm³/mol. The van der Waals surface area contributed by atoms with Crippen molar-refractivity contribution in [3.8, 4) is 0 Å². The van der Waals surface area contributed by atoms with Crippen molar-refractivity contribution in [2.45, 2.75) is 29.5 Å². The number of benzene rings is 2. The highest BCUT2D eigenvalue weighted by molar-refractivity contribution is 8.01. The van der Waals surface area contributed by atoms with Crippen LogP contribution in [0.1, 0.15) is 18.4 Å². The van der Waals surface area contributed by atoms with Crippen LogP contribution < -0.4 is 10.6 Å². The lowest BCUT2D eigenvalue weighted by atomic mass is 9.95. The number of amides is 3. The molecular weight excluding hydrogens is 386 g/mol. The Balaban J connectivity index is 1.29. The molecule has 2 aliphatic heterocycles. The van der Waals surface area contributed by atoms with E-state index in [0.29, 0.717) is 32.5 Å². The van der Waals surface area contributed by atoms with E-state index < -0.39 is 5.25 Å². The van der Waals surface area contributed by atoms with Crippen molar-refractivity contribution >= 4 is 35.2 Å². The van der Waals surface area contributed by atoms with Crippen molar-refractivity contribution in [3.05, 3.63) is 60.2 Å². The molecule has 1 atom stereocenters. The predicted octanol–water partition coefficient (Wildman–Crippen LogP) is 2.65. The highest BCUT2D eigenvalue weighted by Crippen LogP contribution is 2.36. The number of carbonyl (C=O) groups excluding carboxylic acids is 3. The van der Waals surface area contributed by atoms with Gasteiger partial charge in [0.25, 0.3) is 0 Å². The second-order valence-corrected chi connectivity index (χ2v) is 8.43. The largest absolute Gasteiger partial charge is 0.352 e. The highest BCUT2D eigenvalue weighted by atomic mass is 32.2. The Bertz CT molecular complexity index is 911. The summed E-state index contributed by atoms with van der Waals surface area (Å²) in [5, 5.41) is 5.03. The first-order chi connectivity index (χ1) is 14.1. The molecule has 1 saturated heterocycles. The molecule has 0 aromatic heterocycles. The van der Waals surface area contributed by atoms with Crippen LogP contribution in [0.4, 0.5) is 5.69 Å². The first-order valence-corrected chi connectivity index (χ1v) is 10.7. The van der Waals surface area contributed by atoms with Gasteiger partial charge in [-0.2, -0.15) is 0 Å². The van der Waals surface area contributed by atoms with Crippen LogP contribution in [0.5, 0.6) is 0 Å². The van der Waals surface area contributed by atoms with E-state index in [-0.39, 0.29) is 23.6 Å². The van der Waals surface area contributed by atoms with Gasteiger partial charge in [0.05, 0.1) is 5.69 Å². The maximum absolute atomic E-state index is 12.9. The smallest absolute Gasteiger partial charge is 0.247 e. The lowest BCUT2D eigenvalue weighted by molar-refractivity contribution is -0.137. The highest BCUT2D eigenvalue weighted by Gasteiger charge is 2.37. The molecule has 6 nitrogen and oxygen atoms in total. The quantitative estimate of drug-likeness (QED) is 0.761. The van der Waals surface area contributed by atoms with E-state index in [9.17, 15) is 14.4 Å². The van der Waals surface area contributed by atoms with Gasteiger partial charge in [-0.15, -0.1) is 11.8 Å². The summed E-state index contributed by atoms with van der Waals surface area (Å²) in [5.41, 5.74) is 1.81. The lowest BCUT2D eigenvalue weighted by Crippen LogP contribution is -2.49. The van der Waals surface area contributed by atoms with Gasteiger partial charge in [0.1, 0.15) is 0 Å². The zero-order valence-electron chi connectivity index (χ0n) is 16.0. The van der Waals surface area contributed by atoms with E-state index in [1.807, 2.05) is 54.6 Å². The molecule has 2 N–H and O–H groups in total. The van der Waals surface area contributed by atoms with Crippen LogP contribution in [0, 0.1) is 5.92 Å². The minimum Gasteiger partial charge on any atom is -0.352 e. The number of anilines is 1. The summed E-state index contributed by atoms with van der Waals surface area (Å²) < 4.78 is 0. The number of rotatable bonds is 4. The number of para-hydroxylation sites is 1. The number of fused-ring (bicyclic) bond motifs is 1. The number of nitrogens with one attached hydrogen (secondary N) is 2. The van der Waals surface area contributed by atoms with E-state index in [1.54, 1.807) is 4.90 Å². The number of thioether (sulfide) groups is 1. The normalized spacial score (nSPS) is 19.2. The summed E-state index contributed by atoms with van der Waals surface area (Å²) in [6.07, 6.45) is 1.23. The van der Waals surface area contributed by atoms with Gasteiger partial charge in [0, 0.05) is 30.4 Å². The average molecular weight is 410 g/mol. The van der Waals surface area contributed by atoms with Crippen LogP contribution >= 0.6 is 11.8 Å². The first-order valence-electron chi connectivity index (χ1n) is 9.79. The van der Waals surface area contributed by atoms with Crippen molar-refractivity contribution in [2.24, 2.45) is 5.92 Å². The topological polar surface area (TPSA) is 78.5 Å². The minimum absolute atomic E-state index is 0.0275. The molecule has 2 aromatic rings. The van der Waals surface area contributed by atoms with Gasteiger partial charge in [-0.05, 0) is 30.5 Å². The summed E-state index contributed by atoms with van der Waals surface area (Å²) in [6, 6.07) is 17.3. The standard InChI is InChI=1S/C22H23N3O3S/c26-20(23-14-15-6-2-1-3-7-15)16-10-12-25(13-11-16)22(28)19-21(27)24-17-8-4-5-9-18(17)29-19/h1-9,16,19H,10-14H2,(H,23,26)(H,24,27). The zero-order chi connectivity index (χ0) is 20.2. The summed E-state index contributed by atoms with van der Waals surface area (Å²) >= 11 is 1.30. The third kappa shape index (κ3) is 4.45. The molecule has 2 heterocycles. The van der Waals surface area contributed by atoms with E-state index >= 15 is 0 Å². The van der Waals surface area contributed by atoms with Crippen LogP contribution in [0.15, 0.2) is 59.5 Å². The Morgan fingerprint density at radius 2 is 1.72 bits per heavy atom. The summed E-state index contributed by atoms with van der Waals surface area (Å²) in [5.74, 6) is -0.525. The van der Waals surface area contributed by atoms with Gasteiger partial charge in [-0.1, -0.05) is 42.5 Å². The molecule has 4 rings (SSSR count). The Morgan fingerprint density at radius 3 is 2.48 bits per heavy atom. The first kappa shape index (κ1) is 19.5. The van der Waals surface area contributed by atoms with Crippen molar-refractivity contribution in [2.75, 3.05) is 18.4 Å². The van der Waals surface area contributed by atoms with Crippen molar-refractivity contribution < 1.29 is 14.4 Å². The molecule has 3 amide bonds. The Hall–Kier alpha value is -2.80. The van der Waals surface area contributed by atoms with Crippen LogP contribution in [-0.2, 0) is 20.9 Å². The Morgan fingerprint density at radius 1 is 1.03 bits per heavy atom. The molecule has 0 aliphatic carbocycles. The molecule has 7 heteroatoms. The van der Waals surface area contributed by atoms with E-state index in [0.717, 1.165) is 16.1 Å². The van der Waals surface area contributed by atoms with E-state index in [4.69, 9.17) is 0 Å². The van der Waals surface area contributed by atoms with Crippen LogP contribution in [-0.4, -0.2) is 41.0 Å². The van der Waals surface area contributed by atoms with E-state index in [1.165, 1.54) is 11.8 Å². The molecule has 29 heavy (non-hydrogen) atoms. The molecular formula is C22H23N3O3S. The van der Waals surface area contributed by atoms with Crippen LogP contribution in [0.3, 0.4) is 0 Å². The van der Waals surface area contributed by atoms with Crippen LogP contribution in [0.2, 0.25) is 0 Å². The molecule has 2 aliphatic rings. The molecule has 1 fully saturated rings. The molecule has 150 valence electrons. The third-order valence-corrected chi connectivity index (χ3v) is 6.60. The lowest BCUT2D eigenvalue weighted by Gasteiger charge is -2.34. The number of hydrogen-bond acceptors (Lipinski definition) is 4. The van der Waals surface area contributed by atoms with Gasteiger partial charge in [0.15, 0.2) is 5.25 Å². The van der Waals surface area contributed by atoms with Gasteiger partial charge in [0.2, 0.25) is 17.7 Å². The fourth-order valence-electron chi connectivity index (χ4n) is 3.67. The van der Waals surface area contributed by atoms with Crippen LogP contribution in [0.25, 0.3) is 0 Å². The molecule has 0 radical (unpaired) electrons. The molecule has 0 saturated carbocycles. The summed E-state index contributed by atoms with van der Waals surface area (Å²) in [4.78, 5) is 40.4. The fraction of sp³-hybridized carbons (Fsp3) is 0.318. The molecule has 1 unspecified atom stereocenters. The number of nitrogens with zero attached hydrogens (tertiary/aromatic N) is 1. The summed E-state index contributed by atoms with van der Waals surface area (Å²) in [7, 11) is 0. The minimum atomic E-state index is -0.770. The number of piperidine rings is 1. The van der Waals surface area contributed by atoms with Crippen molar-refractivity contribution in [1.82, 2.24) is 10.2 Å². The fourth-order valence-corrected chi connectivity index (χ4v) is 4.74. The second-order valence-electron chi connectivity index (χ2n) is 7.29. The average Bonchev–Trinajstić information content (AvgIpc) is 2.77. The van der Waals surface area contributed by atoms with E-state index in [2.05, 4.69) is 10.6 Å². The van der Waals surface area contributed by atoms with Crippen molar-refractivity contribution in [3.63, 3.8) is 0 Å². The van der Waals surface area contributed by atoms with Gasteiger partial charge in [-0.3, -0.25) is 14.4 Å². The maximum Gasteiger partial charge on any atom is 0.247 e. The van der Waals surface area contributed by atoms with Crippen molar-refractivity contribution in [1.29, 1.82) is 0 Å². The van der Waals surface area contributed by atoms with Gasteiger partial charge < -0.3 is 15.5 Å². The molecule has 0 bridgehead atoms. The molecule has 0 spiro atoms. The zero-order valence-corrected chi connectivity index (χ0v) is 16.8. The number of likely N-dealkylation sites (tertiary alicyclic amines) is 1. The van der Waals surface area contributed by atoms with Gasteiger partial charge >= 0.3 is 0 Å². The third-order valence-electron chi connectivity index (χ3n) is 5.34. The Labute approximate surface area is 174 Å².